The van der Waals surface area contributed by atoms with Crippen LogP contribution in [-0.4, -0.2) is 36.4 Å². The summed E-state index contributed by atoms with van der Waals surface area (Å²) < 4.78 is 28.0. The number of hydrogen-bond acceptors (Lipinski definition) is 3. The predicted octanol–water partition coefficient (Wildman–Crippen LogP) is 2.12. The van der Waals surface area contributed by atoms with Gasteiger partial charge in [-0.15, -0.1) is 0 Å². The van der Waals surface area contributed by atoms with Gasteiger partial charge in [-0.3, -0.25) is 8.86 Å². The van der Waals surface area contributed by atoms with Gasteiger partial charge in [0.2, 0.25) is 0 Å². The Bertz CT molecular complexity index is 462. The lowest BCUT2D eigenvalue weighted by Crippen LogP contribution is -2.43. The molecular weight excluding hydrogens is 278 g/mol. The summed E-state index contributed by atoms with van der Waals surface area (Å²) in [5.41, 5.74) is -0.459. The van der Waals surface area contributed by atoms with Crippen LogP contribution in [0.25, 0.3) is 0 Å². The number of rotatable bonds is 5. The second-order valence-electron chi connectivity index (χ2n) is 5.10. The molecule has 6 heteroatoms. The lowest BCUT2D eigenvalue weighted by Gasteiger charge is -2.37. The van der Waals surface area contributed by atoms with Gasteiger partial charge in [-0.1, -0.05) is 25.3 Å². The molecule has 0 aromatic heterocycles. The van der Waals surface area contributed by atoms with E-state index in [-0.39, 0.29) is 12.6 Å². The van der Waals surface area contributed by atoms with Crippen molar-refractivity contribution in [1.29, 1.82) is 0 Å². The zero-order valence-electron chi connectivity index (χ0n) is 11.8. The van der Waals surface area contributed by atoms with Gasteiger partial charge in [0.25, 0.3) is 11.3 Å². The van der Waals surface area contributed by atoms with Crippen LogP contribution in [0.4, 0.5) is 0 Å². The highest BCUT2D eigenvalue weighted by Crippen LogP contribution is 2.29. The Labute approximate surface area is 122 Å². The van der Waals surface area contributed by atoms with E-state index in [9.17, 15) is 13.9 Å². The summed E-state index contributed by atoms with van der Waals surface area (Å²) in [6, 6.07) is 0. The van der Waals surface area contributed by atoms with Crippen molar-refractivity contribution < 1.29 is 18.6 Å². The van der Waals surface area contributed by atoms with Gasteiger partial charge in [-0.25, -0.2) is 4.21 Å². The minimum atomic E-state index is -2.18. The third kappa shape index (κ3) is 4.63. The van der Waals surface area contributed by atoms with Crippen molar-refractivity contribution in [2.75, 3.05) is 6.54 Å². The molecule has 2 atom stereocenters. The average molecular weight is 299 g/mol. The number of hydrogen-bond donors (Lipinski definition) is 2. The maximum atomic E-state index is 11.5. The molecule has 112 valence electrons. The first-order valence-electron chi connectivity index (χ1n) is 6.22. The normalized spacial score (nSPS) is 25.4. The molecule has 0 aromatic rings. The molecule has 0 bridgehead atoms. The van der Waals surface area contributed by atoms with Crippen molar-refractivity contribution in [2.45, 2.75) is 32.0 Å². The summed E-state index contributed by atoms with van der Waals surface area (Å²) >= 11 is -2.18. The van der Waals surface area contributed by atoms with Crippen molar-refractivity contribution in [1.82, 2.24) is 4.31 Å². The van der Waals surface area contributed by atoms with Crippen LogP contribution in [0.1, 0.15) is 20.3 Å². The molecule has 0 saturated carbocycles. The number of nitrogens with zero attached hydrogens (tertiary/aromatic N) is 1. The van der Waals surface area contributed by atoms with Crippen LogP contribution < -0.4 is 0 Å². The highest BCUT2D eigenvalue weighted by molar-refractivity contribution is 7.76. The fourth-order valence-corrected chi connectivity index (χ4v) is 2.62. The molecule has 2 unspecified atom stereocenters. The smallest absolute Gasteiger partial charge is 0.262 e. The van der Waals surface area contributed by atoms with Gasteiger partial charge >= 0.3 is 0 Å². The van der Waals surface area contributed by atoms with Crippen LogP contribution in [0.15, 0.2) is 48.9 Å². The van der Waals surface area contributed by atoms with Gasteiger partial charge in [0.15, 0.2) is 0 Å². The van der Waals surface area contributed by atoms with E-state index in [1.807, 2.05) is 0 Å². The van der Waals surface area contributed by atoms with E-state index in [2.05, 4.69) is 13.2 Å². The molecule has 0 amide bonds. The Hall–Kier alpha value is -1.37. The fourth-order valence-electron chi connectivity index (χ4n) is 2.00. The third-order valence-electron chi connectivity index (χ3n) is 2.64. The molecule has 20 heavy (non-hydrogen) atoms. The highest BCUT2D eigenvalue weighted by Gasteiger charge is 2.33. The van der Waals surface area contributed by atoms with E-state index in [1.54, 1.807) is 26.0 Å². The molecule has 1 aliphatic heterocycles. The lowest BCUT2D eigenvalue weighted by atomic mass is 10.00. The first-order chi connectivity index (χ1) is 9.28. The molecule has 5 nitrogen and oxygen atoms in total. The summed E-state index contributed by atoms with van der Waals surface area (Å²) in [5.74, 6) is 0.433. The minimum Gasteiger partial charge on any atom is -0.486 e. The molecule has 2 N–H and O–H groups in total. The molecule has 0 radical (unpaired) electrons. The molecule has 1 fully saturated rings. The van der Waals surface area contributed by atoms with Crippen LogP contribution in [-0.2, 0) is 16.0 Å². The van der Waals surface area contributed by atoms with E-state index in [0.29, 0.717) is 17.9 Å². The van der Waals surface area contributed by atoms with E-state index in [0.717, 1.165) is 0 Å². The maximum Gasteiger partial charge on any atom is 0.262 e. The molecule has 0 spiro atoms. The monoisotopic (exact) mass is 299 g/mol. The summed E-state index contributed by atoms with van der Waals surface area (Å²) in [7, 11) is 0. The van der Waals surface area contributed by atoms with Gasteiger partial charge < -0.3 is 9.84 Å². The Balaban J connectivity index is 3.10. The van der Waals surface area contributed by atoms with E-state index < -0.39 is 16.9 Å². The third-order valence-corrected chi connectivity index (χ3v) is 3.37. The highest BCUT2D eigenvalue weighted by atomic mass is 32.2. The zero-order chi connectivity index (χ0) is 15.3. The van der Waals surface area contributed by atoms with Crippen LogP contribution in [0.5, 0.6) is 0 Å². The average Bonchev–Trinajstić information content (AvgIpc) is 2.30. The zero-order valence-corrected chi connectivity index (χ0v) is 12.6. The molecule has 1 heterocycles. The van der Waals surface area contributed by atoms with Crippen molar-refractivity contribution in [3.63, 3.8) is 0 Å². The van der Waals surface area contributed by atoms with Crippen LogP contribution >= 0.6 is 0 Å². The van der Waals surface area contributed by atoms with Crippen molar-refractivity contribution >= 4 is 11.3 Å². The quantitative estimate of drug-likeness (QED) is 0.763. The number of ether oxygens (including phenoxy) is 1. The molecule has 1 rings (SSSR count). The molecule has 1 aliphatic rings. The Morgan fingerprint density at radius 3 is 2.50 bits per heavy atom. The summed E-state index contributed by atoms with van der Waals surface area (Å²) in [6.45, 7) is 10.7. The Kier molecular flexibility index (Phi) is 5.74. The number of morpholine rings is 1. The second kappa shape index (κ2) is 6.88. The molecular formula is C14H21NO4S. The summed E-state index contributed by atoms with van der Waals surface area (Å²) in [5, 5.41) is 9.87. The molecule has 1 saturated heterocycles. The summed E-state index contributed by atoms with van der Waals surface area (Å²) in [4.78, 5) is 0. The van der Waals surface area contributed by atoms with Gasteiger partial charge in [-0.05, 0) is 26.0 Å². The van der Waals surface area contributed by atoms with E-state index >= 15 is 0 Å². The van der Waals surface area contributed by atoms with Crippen LogP contribution in [0.2, 0.25) is 0 Å². The standard InChI is InChI=1S/C14H21NO4S/c1-5-7-12-13(8-6-2)19-11(9-14(3,4)16)10-15(12)20(17)18/h5-8,11,16H,1-2,9-10H2,3-4H3,(H,17,18)/b12-7+,13-8+. The van der Waals surface area contributed by atoms with Gasteiger partial charge in [0.1, 0.15) is 11.9 Å². The van der Waals surface area contributed by atoms with Crippen molar-refractivity contribution in [3.8, 4) is 0 Å². The first-order valence-corrected chi connectivity index (χ1v) is 7.28. The van der Waals surface area contributed by atoms with Crippen LogP contribution in [0.3, 0.4) is 0 Å². The van der Waals surface area contributed by atoms with Crippen LogP contribution in [0, 0.1) is 0 Å². The van der Waals surface area contributed by atoms with Gasteiger partial charge in [-0.2, -0.15) is 0 Å². The number of allylic oxidation sites excluding steroid dienone is 4. The predicted molar refractivity (Wildman–Crippen MR) is 79.8 cm³/mol. The maximum absolute atomic E-state index is 11.5. The topological polar surface area (TPSA) is 70.0 Å². The first kappa shape index (κ1) is 16.7. The second-order valence-corrected chi connectivity index (χ2v) is 6.00. The SMILES string of the molecule is C=C/C=C1/OC(CC(C)(C)O)CN(S(=O)O)/C1=C/C=C. The molecule has 0 aliphatic carbocycles. The van der Waals surface area contributed by atoms with E-state index in [1.165, 1.54) is 16.5 Å². The van der Waals surface area contributed by atoms with Crippen molar-refractivity contribution in [3.05, 3.63) is 48.9 Å². The van der Waals surface area contributed by atoms with Crippen molar-refractivity contribution in [2.24, 2.45) is 0 Å². The fraction of sp³-hybridized carbons (Fsp3) is 0.429. The largest absolute Gasteiger partial charge is 0.486 e. The van der Waals surface area contributed by atoms with Gasteiger partial charge in [0.05, 0.1) is 17.8 Å². The van der Waals surface area contributed by atoms with Gasteiger partial charge in [0, 0.05) is 6.42 Å². The Morgan fingerprint density at radius 2 is 2.05 bits per heavy atom. The number of aliphatic hydroxyl groups is 1. The Morgan fingerprint density at radius 1 is 1.45 bits per heavy atom. The minimum absolute atomic E-state index is 0.210. The lowest BCUT2D eigenvalue weighted by molar-refractivity contribution is -0.0109. The van der Waals surface area contributed by atoms with E-state index in [4.69, 9.17) is 4.74 Å². The molecule has 0 aromatic carbocycles. The summed E-state index contributed by atoms with van der Waals surface area (Å²) in [6.07, 6.45) is 6.23.